The fourth-order valence-corrected chi connectivity index (χ4v) is 3.59. The number of ether oxygens (including phenoxy) is 1. The monoisotopic (exact) mass is 400 g/mol. The number of carbonyl (C=O) groups is 1. The second kappa shape index (κ2) is 7.99. The Morgan fingerprint density at radius 2 is 1.77 bits per heavy atom. The van der Waals surface area contributed by atoms with E-state index < -0.39 is 0 Å². The van der Waals surface area contributed by atoms with Crippen LogP contribution in [0.25, 0.3) is 16.7 Å². The molecule has 4 rings (SSSR count). The minimum atomic E-state index is -0.156. The molecule has 0 aliphatic heterocycles. The average Bonchev–Trinajstić information content (AvgIpc) is 3.09. The van der Waals surface area contributed by atoms with Crippen LogP contribution in [0.15, 0.2) is 60.7 Å². The molecular formula is C24H24N4O2. The van der Waals surface area contributed by atoms with Gasteiger partial charge in [-0.25, -0.2) is 9.67 Å². The topological polar surface area (TPSA) is 69.0 Å². The number of carbonyl (C=O) groups excluding carboxylic acids is 1. The molecule has 30 heavy (non-hydrogen) atoms. The molecule has 1 atom stereocenters. The van der Waals surface area contributed by atoms with E-state index in [0.29, 0.717) is 11.2 Å². The van der Waals surface area contributed by atoms with Crippen LogP contribution in [-0.2, 0) is 0 Å². The number of nitrogens with zero attached hydrogens (tertiary/aromatic N) is 3. The molecule has 2 aromatic heterocycles. The molecule has 0 aliphatic rings. The first-order valence-electron chi connectivity index (χ1n) is 9.85. The van der Waals surface area contributed by atoms with Crippen molar-refractivity contribution in [2.75, 3.05) is 7.11 Å². The highest BCUT2D eigenvalue weighted by Gasteiger charge is 2.21. The molecule has 0 unspecified atom stereocenters. The van der Waals surface area contributed by atoms with E-state index in [-0.39, 0.29) is 11.9 Å². The van der Waals surface area contributed by atoms with Crippen molar-refractivity contribution in [2.24, 2.45) is 0 Å². The first kappa shape index (κ1) is 19.6. The Labute approximate surface area is 175 Å². The maximum absolute atomic E-state index is 13.2. The zero-order valence-electron chi connectivity index (χ0n) is 17.5. The molecule has 0 spiro atoms. The van der Waals surface area contributed by atoms with Gasteiger partial charge in [-0.15, -0.1) is 0 Å². The van der Waals surface area contributed by atoms with Crippen molar-refractivity contribution >= 4 is 16.9 Å². The van der Waals surface area contributed by atoms with Crippen molar-refractivity contribution < 1.29 is 9.53 Å². The molecule has 0 bridgehead atoms. The molecule has 6 heteroatoms. The zero-order chi connectivity index (χ0) is 21.3. The average molecular weight is 400 g/mol. The van der Waals surface area contributed by atoms with Gasteiger partial charge in [0.25, 0.3) is 5.91 Å². The smallest absolute Gasteiger partial charge is 0.252 e. The Balaban J connectivity index is 1.71. The van der Waals surface area contributed by atoms with Crippen LogP contribution >= 0.6 is 0 Å². The molecule has 0 fully saturated rings. The first-order valence-corrected chi connectivity index (χ1v) is 9.85. The third-order valence-electron chi connectivity index (χ3n) is 5.15. The van der Waals surface area contributed by atoms with Gasteiger partial charge in [-0.3, -0.25) is 4.79 Å². The Bertz CT molecular complexity index is 1200. The lowest BCUT2D eigenvalue weighted by Crippen LogP contribution is -2.27. The molecule has 0 saturated heterocycles. The Kier molecular flexibility index (Phi) is 5.23. The summed E-state index contributed by atoms with van der Waals surface area (Å²) in [5, 5.41) is 8.53. The van der Waals surface area contributed by atoms with Gasteiger partial charge in [0, 0.05) is 5.69 Å². The van der Waals surface area contributed by atoms with E-state index in [1.54, 1.807) is 11.8 Å². The Hall–Kier alpha value is -3.67. The normalized spacial score (nSPS) is 12.0. The molecule has 1 amide bonds. The van der Waals surface area contributed by atoms with Crippen LogP contribution in [0.1, 0.15) is 40.3 Å². The number of fused-ring (bicyclic) bond motifs is 1. The fraction of sp³-hybridized carbons (Fsp3) is 0.208. The summed E-state index contributed by atoms with van der Waals surface area (Å²) in [5.74, 6) is 0.636. The zero-order valence-corrected chi connectivity index (χ0v) is 17.5. The van der Waals surface area contributed by atoms with Crippen molar-refractivity contribution in [3.63, 3.8) is 0 Å². The number of pyridine rings is 1. The van der Waals surface area contributed by atoms with Gasteiger partial charge in [-0.2, -0.15) is 5.10 Å². The summed E-state index contributed by atoms with van der Waals surface area (Å²) in [6.07, 6.45) is 0. The molecular weight excluding hydrogens is 376 g/mol. The number of aromatic nitrogens is 3. The molecule has 152 valence electrons. The number of hydrogen-bond acceptors (Lipinski definition) is 4. The van der Waals surface area contributed by atoms with Crippen molar-refractivity contribution in [1.82, 2.24) is 20.1 Å². The summed E-state index contributed by atoms with van der Waals surface area (Å²) < 4.78 is 7.00. The molecule has 0 saturated carbocycles. The van der Waals surface area contributed by atoms with Gasteiger partial charge in [-0.1, -0.05) is 30.3 Å². The molecule has 1 N–H and O–H groups in total. The van der Waals surface area contributed by atoms with Gasteiger partial charge in [-0.05, 0) is 56.7 Å². The third kappa shape index (κ3) is 3.64. The lowest BCUT2D eigenvalue weighted by Gasteiger charge is -2.15. The summed E-state index contributed by atoms with van der Waals surface area (Å²) in [6, 6.07) is 19.2. The van der Waals surface area contributed by atoms with E-state index >= 15 is 0 Å². The van der Waals surface area contributed by atoms with E-state index in [1.165, 1.54) is 0 Å². The number of para-hydroxylation sites is 1. The van der Waals surface area contributed by atoms with E-state index in [1.807, 2.05) is 81.4 Å². The van der Waals surface area contributed by atoms with Crippen LogP contribution in [0.3, 0.4) is 0 Å². The second-order valence-corrected chi connectivity index (χ2v) is 7.31. The number of benzene rings is 2. The highest BCUT2D eigenvalue weighted by molar-refractivity contribution is 6.07. The van der Waals surface area contributed by atoms with Gasteiger partial charge in [0.1, 0.15) is 5.75 Å². The van der Waals surface area contributed by atoms with Crippen molar-refractivity contribution in [3.8, 4) is 11.4 Å². The second-order valence-electron chi connectivity index (χ2n) is 7.31. The molecule has 4 aromatic rings. The number of rotatable bonds is 5. The summed E-state index contributed by atoms with van der Waals surface area (Å²) in [5.41, 5.74) is 4.71. The maximum Gasteiger partial charge on any atom is 0.252 e. The number of hydrogen-bond donors (Lipinski definition) is 1. The van der Waals surface area contributed by atoms with Crippen LogP contribution in [-0.4, -0.2) is 27.8 Å². The van der Waals surface area contributed by atoms with E-state index in [9.17, 15) is 4.79 Å². The molecule has 0 radical (unpaired) electrons. The highest BCUT2D eigenvalue weighted by Crippen LogP contribution is 2.26. The lowest BCUT2D eigenvalue weighted by atomic mass is 10.1. The summed E-state index contributed by atoms with van der Waals surface area (Å²) in [4.78, 5) is 17.9. The van der Waals surface area contributed by atoms with Gasteiger partial charge in [0.15, 0.2) is 5.65 Å². The van der Waals surface area contributed by atoms with Crippen molar-refractivity contribution in [1.29, 1.82) is 0 Å². The van der Waals surface area contributed by atoms with E-state index in [0.717, 1.165) is 33.8 Å². The highest BCUT2D eigenvalue weighted by atomic mass is 16.5. The number of aryl methyl sites for hydroxylation is 2. The third-order valence-corrected chi connectivity index (χ3v) is 5.15. The van der Waals surface area contributed by atoms with Crippen LogP contribution in [0.4, 0.5) is 0 Å². The largest absolute Gasteiger partial charge is 0.497 e. The summed E-state index contributed by atoms with van der Waals surface area (Å²) in [6.45, 7) is 5.76. The van der Waals surface area contributed by atoms with Gasteiger partial charge < -0.3 is 10.1 Å². The minimum absolute atomic E-state index is 0.149. The van der Waals surface area contributed by atoms with Gasteiger partial charge >= 0.3 is 0 Å². The molecule has 0 aliphatic carbocycles. The molecule has 2 heterocycles. The number of amides is 1. The first-order chi connectivity index (χ1) is 14.5. The fourth-order valence-electron chi connectivity index (χ4n) is 3.59. The van der Waals surface area contributed by atoms with Crippen molar-refractivity contribution in [2.45, 2.75) is 26.8 Å². The number of nitrogens with one attached hydrogen (secondary N) is 1. The van der Waals surface area contributed by atoms with E-state index in [4.69, 9.17) is 4.74 Å². The molecule has 6 nitrogen and oxygen atoms in total. The standard InChI is InChI=1S/C24H24N4O2/c1-15-14-21(24(29)26-16(2)18-10-12-20(30-4)13-11-18)22-17(3)27-28(23(22)25-15)19-8-6-5-7-9-19/h5-14,16H,1-4H3,(H,26,29)/t16-/m1/s1. The quantitative estimate of drug-likeness (QED) is 0.534. The van der Waals surface area contributed by atoms with Crippen LogP contribution in [0, 0.1) is 13.8 Å². The predicted molar refractivity (Wildman–Crippen MR) is 117 cm³/mol. The van der Waals surface area contributed by atoms with E-state index in [2.05, 4.69) is 15.4 Å². The number of methoxy groups -OCH3 is 1. The van der Waals surface area contributed by atoms with Crippen LogP contribution in [0.5, 0.6) is 5.75 Å². The maximum atomic E-state index is 13.2. The van der Waals surface area contributed by atoms with Crippen LogP contribution in [0.2, 0.25) is 0 Å². The van der Waals surface area contributed by atoms with Crippen molar-refractivity contribution in [3.05, 3.63) is 83.2 Å². The minimum Gasteiger partial charge on any atom is -0.497 e. The van der Waals surface area contributed by atoms with Gasteiger partial charge in [0.2, 0.25) is 0 Å². The summed E-state index contributed by atoms with van der Waals surface area (Å²) in [7, 11) is 1.63. The SMILES string of the molecule is COc1ccc([C@@H](C)NC(=O)c2cc(C)nc3c2c(C)nn3-c2ccccc2)cc1. The van der Waals surface area contributed by atoms with Gasteiger partial charge in [0.05, 0.1) is 35.5 Å². The molecule has 2 aromatic carbocycles. The van der Waals surface area contributed by atoms with Crippen LogP contribution < -0.4 is 10.1 Å². The lowest BCUT2D eigenvalue weighted by molar-refractivity contribution is 0.0941. The Morgan fingerprint density at radius 1 is 1.07 bits per heavy atom. The predicted octanol–water partition coefficient (Wildman–Crippen LogP) is 4.54. The summed E-state index contributed by atoms with van der Waals surface area (Å²) >= 11 is 0. The Morgan fingerprint density at radius 3 is 2.43 bits per heavy atom.